The van der Waals surface area contributed by atoms with Crippen LogP contribution < -0.4 is 10.3 Å². The quantitative estimate of drug-likeness (QED) is 0.383. The number of rotatable bonds is 5. The first kappa shape index (κ1) is 20.7. The molecule has 4 rings (SSSR count). The standard InChI is InChI=1S/C23H14ClF3N2O2/c24-15-4-11-19-20(13-15)28-21(29(22(19)30)17-7-5-16(25)6-8-17)12-3-14-1-9-18(10-2-14)31-23(26)27/h1-13,23H/b12-3+. The first-order chi connectivity index (χ1) is 14.9. The number of halogens is 4. The lowest BCUT2D eigenvalue weighted by Gasteiger charge is -2.11. The van der Waals surface area contributed by atoms with E-state index in [-0.39, 0.29) is 11.3 Å². The van der Waals surface area contributed by atoms with Crippen LogP contribution in [0.2, 0.25) is 5.02 Å². The molecular weight excluding hydrogens is 429 g/mol. The molecule has 31 heavy (non-hydrogen) atoms. The summed E-state index contributed by atoms with van der Waals surface area (Å²) in [4.78, 5) is 17.7. The minimum Gasteiger partial charge on any atom is -0.435 e. The van der Waals surface area contributed by atoms with E-state index >= 15 is 0 Å². The van der Waals surface area contributed by atoms with E-state index in [4.69, 9.17) is 11.6 Å². The van der Waals surface area contributed by atoms with Gasteiger partial charge in [-0.25, -0.2) is 9.37 Å². The molecule has 4 aromatic rings. The summed E-state index contributed by atoms with van der Waals surface area (Å²) >= 11 is 6.05. The van der Waals surface area contributed by atoms with Gasteiger partial charge in [-0.05, 0) is 66.2 Å². The van der Waals surface area contributed by atoms with Crippen molar-refractivity contribution in [1.82, 2.24) is 9.55 Å². The van der Waals surface area contributed by atoms with Crippen molar-refractivity contribution in [2.75, 3.05) is 0 Å². The Kier molecular flexibility index (Phi) is 5.77. The first-order valence-corrected chi connectivity index (χ1v) is 9.50. The van der Waals surface area contributed by atoms with E-state index in [0.29, 0.717) is 33.0 Å². The molecule has 0 aliphatic rings. The molecule has 0 saturated carbocycles. The molecule has 0 bridgehead atoms. The van der Waals surface area contributed by atoms with Gasteiger partial charge in [-0.1, -0.05) is 29.8 Å². The third kappa shape index (κ3) is 4.62. The van der Waals surface area contributed by atoms with Gasteiger partial charge < -0.3 is 4.74 Å². The van der Waals surface area contributed by atoms with E-state index in [1.165, 1.54) is 41.0 Å². The van der Waals surface area contributed by atoms with E-state index in [9.17, 15) is 18.0 Å². The van der Waals surface area contributed by atoms with Crippen molar-refractivity contribution in [2.45, 2.75) is 6.61 Å². The molecule has 0 atom stereocenters. The van der Waals surface area contributed by atoms with Crippen LogP contribution in [0.3, 0.4) is 0 Å². The predicted molar refractivity (Wildman–Crippen MR) is 114 cm³/mol. The smallest absolute Gasteiger partial charge is 0.387 e. The molecular formula is C23H14ClF3N2O2. The summed E-state index contributed by atoms with van der Waals surface area (Å²) in [5.41, 5.74) is 1.19. The first-order valence-electron chi connectivity index (χ1n) is 9.12. The minimum atomic E-state index is -2.90. The lowest BCUT2D eigenvalue weighted by Crippen LogP contribution is -2.22. The van der Waals surface area contributed by atoms with Gasteiger partial charge in [-0.2, -0.15) is 8.78 Å². The molecule has 156 valence electrons. The van der Waals surface area contributed by atoms with E-state index in [2.05, 4.69) is 9.72 Å². The zero-order chi connectivity index (χ0) is 22.0. The lowest BCUT2D eigenvalue weighted by atomic mass is 10.2. The number of fused-ring (bicyclic) bond motifs is 1. The lowest BCUT2D eigenvalue weighted by molar-refractivity contribution is -0.0498. The maximum Gasteiger partial charge on any atom is 0.387 e. The largest absolute Gasteiger partial charge is 0.435 e. The SMILES string of the molecule is O=c1c2ccc(Cl)cc2nc(/C=C/c2ccc(OC(F)F)cc2)n1-c1ccc(F)cc1. The summed E-state index contributed by atoms with van der Waals surface area (Å²) in [6, 6.07) is 16.2. The highest BCUT2D eigenvalue weighted by Crippen LogP contribution is 2.20. The number of aromatic nitrogens is 2. The predicted octanol–water partition coefficient (Wildman–Crippen LogP) is 5.95. The van der Waals surface area contributed by atoms with Crippen LogP contribution in [-0.2, 0) is 0 Å². The van der Waals surface area contributed by atoms with Gasteiger partial charge in [0.05, 0.1) is 16.6 Å². The Labute approximate surface area is 179 Å². The maximum absolute atomic E-state index is 13.4. The Morgan fingerprint density at radius 1 is 0.968 bits per heavy atom. The molecule has 0 saturated heterocycles. The molecule has 0 amide bonds. The Bertz CT molecular complexity index is 1320. The molecule has 4 nitrogen and oxygen atoms in total. The zero-order valence-corrected chi connectivity index (χ0v) is 16.6. The Balaban J connectivity index is 1.81. The Morgan fingerprint density at radius 2 is 1.68 bits per heavy atom. The monoisotopic (exact) mass is 442 g/mol. The topological polar surface area (TPSA) is 44.1 Å². The van der Waals surface area contributed by atoms with Crippen molar-refractivity contribution >= 4 is 34.7 Å². The highest BCUT2D eigenvalue weighted by Gasteiger charge is 2.12. The third-order valence-corrected chi connectivity index (χ3v) is 4.71. The van der Waals surface area contributed by atoms with Gasteiger partial charge in [0.25, 0.3) is 5.56 Å². The van der Waals surface area contributed by atoms with Crippen LogP contribution in [0.15, 0.2) is 71.5 Å². The fraction of sp³-hybridized carbons (Fsp3) is 0.0435. The molecule has 3 aromatic carbocycles. The summed E-state index contributed by atoms with van der Waals surface area (Å²) in [5.74, 6) is -0.103. The molecule has 0 N–H and O–H groups in total. The molecule has 0 fully saturated rings. The molecule has 0 radical (unpaired) electrons. The molecule has 8 heteroatoms. The van der Waals surface area contributed by atoms with E-state index in [1.807, 2.05) is 0 Å². The van der Waals surface area contributed by atoms with Gasteiger partial charge >= 0.3 is 6.61 Å². The summed E-state index contributed by atoms with van der Waals surface area (Å²) < 4.78 is 43.7. The fourth-order valence-electron chi connectivity index (χ4n) is 3.06. The van der Waals surface area contributed by atoms with Crippen LogP contribution in [-0.4, -0.2) is 16.2 Å². The summed E-state index contributed by atoms with van der Waals surface area (Å²) in [7, 11) is 0. The van der Waals surface area contributed by atoms with Gasteiger partial charge in [0.1, 0.15) is 17.4 Å². The number of alkyl halides is 2. The van der Waals surface area contributed by atoms with Gasteiger partial charge in [0.15, 0.2) is 0 Å². The fourth-order valence-corrected chi connectivity index (χ4v) is 3.23. The second-order valence-corrected chi connectivity index (χ2v) is 6.97. The Hall–Kier alpha value is -3.58. The van der Waals surface area contributed by atoms with Crippen LogP contribution in [0.1, 0.15) is 11.4 Å². The van der Waals surface area contributed by atoms with Gasteiger partial charge in [-0.3, -0.25) is 9.36 Å². The van der Waals surface area contributed by atoms with E-state index in [0.717, 1.165) is 0 Å². The summed E-state index contributed by atoms with van der Waals surface area (Å²) in [6.07, 6.45) is 3.28. The molecule has 0 unspecified atom stereocenters. The van der Waals surface area contributed by atoms with Crippen molar-refractivity contribution in [1.29, 1.82) is 0 Å². The highest BCUT2D eigenvalue weighted by atomic mass is 35.5. The zero-order valence-electron chi connectivity index (χ0n) is 15.8. The van der Waals surface area contributed by atoms with Crippen LogP contribution in [0.5, 0.6) is 5.75 Å². The third-order valence-electron chi connectivity index (χ3n) is 4.47. The van der Waals surface area contributed by atoms with E-state index < -0.39 is 12.4 Å². The number of benzene rings is 3. The molecule has 0 aliphatic carbocycles. The van der Waals surface area contributed by atoms with E-state index in [1.54, 1.807) is 42.5 Å². The molecule has 0 spiro atoms. The van der Waals surface area contributed by atoms with Crippen LogP contribution in [0, 0.1) is 5.82 Å². The highest BCUT2D eigenvalue weighted by molar-refractivity contribution is 6.31. The second kappa shape index (κ2) is 8.65. The average molecular weight is 443 g/mol. The number of nitrogens with zero attached hydrogens (tertiary/aromatic N) is 2. The van der Waals surface area contributed by atoms with Crippen molar-refractivity contribution < 1.29 is 17.9 Å². The van der Waals surface area contributed by atoms with Crippen molar-refractivity contribution in [3.05, 3.63) is 99.3 Å². The average Bonchev–Trinajstić information content (AvgIpc) is 2.73. The molecule has 1 aromatic heterocycles. The van der Waals surface area contributed by atoms with Gasteiger partial charge in [0, 0.05) is 5.02 Å². The summed E-state index contributed by atoms with van der Waals surface area (Å²) in [5, 5.41) is 0.794. The Morgan fingerprint density at radius 3 is 2.35 bits per heavy atom. The molecule has 0 aliphatic heterocycles. The van der Waals surface area contributed by atoms with Crippen molar-refractivity contribution in [2.24, 2.45) is 0 Å². The maximum atomic E-state index is 13.4. The van der Waals surface area contributed by atoms with Crippen molar-refractivity contribution in [3.63, 3.8) is 0 Å². The number of hydrogen-bond donors (Lipinski definition) is 0. The second-order valence-electron chi connectivity index (χ2n) is 6.53. The van der Waals surface area contributed by atoms with Gasteiger partial charge in [-0.15, -0.1) is 0 Å². The number of ether oxygens (including phenoxy) is 1. The normalized spacial score (nSPS) is 11.5. The number of hydrogen-bond acceptors (Lipinski definition) is 3. The molecule has 1 heterocycles. The van der Waals surface area contributed by atoms with Crippen molar-refractivity contribution in [3.8, 4) is 11.4 Å². The van der Waals surface area contributed by atoms with Gasteiger partial charge in [0.2, 0.25) is 0 Å². The van der Waals surface area contributed by atoms with Crippen LogP contribution in [0.4, 0.5) is 13.2 Å². The summed E-state index contributed by atoms with van der Waals surface area (Å²) in [6.45, 7) is -2.90. The van der Waals surface area contributed by atoms with Crippen LogP contribution >= 0.6 is 11.6 Å². The van der Waals surface area contributed by atoms with Crippen LogP contribution in [0.25, 0.3) is 28.7 Å². The minimum absolute atomic E-state index is 0.0360.